The smallest absolute Gasteiger partial charge is 0.128 e. The molecule has 0 spiro atoms. The van der Waals surface area contributed by atoms with Crippen LogP contribution in [0.5, 0.6) is 0 Å². The number of rotatable bonds is 1. The van der Waals surface area contributed by atoms with Gasteiger partial charge in [0.25, 0.3) is 0 Å². The summed E-state index contributed by atoms with van der Waals surface area (Å²) in [6, 6.07) is 2.13. The topological polar surface area (TPSA) is 49.6 Å². The third-order valence-electron chi connectivity index (χ3n) is 1.99. The van der Waals surface area contributed by atoms with E-state index in [1.54, 1.807) is 6.20 Å². The van der Waals surface area contributed by atoms with Crippen molar-refractivity contribution in [3.63, 3.8) is 0 Å². The summed E-state index contributed by atoms with van der Waals surface area (Å²) in [5.41, 5.74) is 1.32. The predicted octanol–water partition coefficient (Wildman–Crippen LogP) is 2.21. The lowest BCUT2D eigenvalue weighted by atomic mass is 9.89. The average molecular weight is 189 g/mol. The molecule has 0 saturated heterocycles. The summed E-state index contributed by atoms with van der Waals surface area (Å²) in [5.74, 6) is 0.800. The van der Waals surface area contributed by atoms with Crippen molar-refractivity contribution < 1.29 is 0 Å². The van der Waals surface area contributed by atoms with E-state index < -0.39 is 0 Å². The molecule has 1 aromatic heterocycles. The number of hydrogen-bond donors (Lipinski definition) is 0. The first kappa shape index (κ1) is 10.6. The summed E-state index contributed by atoms with van der Waals surface area (Å²) in [6.45, 7) is 8.16. The minimum Gasteiger partial charge on any atom is -0.240 e. The highest BCUT2D eigenvalue weighted by Gasteiger charge is 2.20. The summed E-state index contributed by atoms with van der Waals surface area (Å²) in [5, 5.41) is 8.92. The fourth-order valence-electron chi connectivity index (χ4n) is 1.24. The lowest BCUT2D eigenvalue weighted by Gasteiger charge is -2.19. The summed E-state index contributed by atoms with van der Waals surface area (Å²) < 4.78 is 0. The highest BCUT2D eigenvalue weighted by Crippen LogP contribution is 2.22. The van der Waals surface area contributed by atoms with Crippen molar-refractivity contribution in [1.82, 2.24) is 9.97 Å². The third kappa shape index (κ3) is 2.08. The zero-order chi connectivity index (χ0) is 10.8. The fourth-order valence-corrected chi connectivity index (χ4v) is 1.24. The zero-order valence-corrected chi connectivity index (χ0v) is 9.13. The molecule has 0 radical (unpaired) electrons. The fraction of sp³-hybridized carbons (Fsp3) is 0.545. The lowest BCUT2D eigenvalue weighted by molar-refractivity contribution is 0.560. The molecule has 0 aromatic carbocycles. The van der Waals surface area contributed by atoms with E-state index in [4.69, 9.17) is 5.26 Å². The van der Waals surface area contributed by atoms with E-state index in [0.717, 1.165) is 17.9 Å². The van der Waals surface area contributed by atoms with Gasteiger partial charge in [0.05, 0.1) is 11.3 Å². The SMILES string of the molecule is CCc1ncc(C#N)c(C(C)(C)C)n1. The highest BCUT2D eigenvalue weighted by molar-refractivity contribution is 5.35. The van der Waals surface area contributed by atoms with Crippen LogP contribution in [0.4, 0.5) is 0 Å². The molecule has 1 heterocycles. The monoisotopic (exact) mass is 189 g/mol. The summed E-state index contributed by atoms with van der Waals surface area (Å²) in [7, 11) is 0. The molecule has 0 unspecified atom stereocenters. The average Bonchev–Trinajstić information content (AvgIpc) is 2.15. The highest BCUT2D eigenvalue weighted by atomic mass is 14.9. The normalized spacial score (nSPS) is 11.1. The summed E-state index contributed by atoms with van der Waals surface area (Å²) in [6.07, 6.45) is 2.42. The van der Waals surface area contributed by atoms with Gasteiger partial charge < -0.3 is 0 Å². The number of aryl methyl sites for hydroxylation is 1. The summed E-state index contributed by atoms with van der Waals surface area (Å²) in [4.78, 5) is 8.51. The van der Waals surface area contributed by atoms with Crippen LogP contribution in [-0.2, 0) is 11.8 Å². The van der Waals surface area contributed by atoms with Crippen molar-refractivity contribution in [2.45, 2.75) is 39.5 Å². The molecule has 74 valence electrons. The van der Waals surface area contributed by atoms with E-state index in [9.17, 15) is 0 Å². The molecule has 1 aromatic rings. The molecular weight excluding hydrogens is 174 g/mol. The second-order valence-corrected chi connectivity index (χ2v) is 4.26. The van der Waals surface area contributed by atoms with E-state index in [1.807, 2.05) is 6.92 Å². The Morgan fingerprint density at radius 1 is 1.43 bits per heavy atom. The summed E-state index contributed by atoms with van der Waals surface area (Å²) >= 11 is 0. The molecule has 3 heteroatoms. The van der Waals surface area contributed by atoms with Crippen molar-refractivity contribution in [3.8, 4) is 6.07 Å². The van der Waals surface area contributed by atoms with Gasteiger partial charge in [0, 0.05) is 18.0 Å². The van der Waals surface area contributed by atoms with Crippen molar-refractivity contribution in [2.24, 2.45) is 0 Å². The van der Waals surface area contributed by atoms with Crippen molar-refractivity contribution in [1.29, 1.82) is 5.26 Å². The van der Waals surface area contributed by atoms with E-state index in [1.165, 1.54) is 0 Å². The quantitative estimate of drug-likeness (QED) is 0.680. The zero-order valence-electron chi connectivity index (χ0n) is 9.13. The minimum atomic E-state index is -0.0993. The molecule has 14 heavy (non-hydrogen) atoms. The van der Waals surface area contributed by atoms with Gasteiger partial charge in [-0.1, -0.05) is 27.7 Å². The van der Waals surface area contributed by atoms with Crippen LogP contribution in [0.3, 0.4) is 0 Å². The van der Waals surface area contributed by atoms with Gasteiger partial charge in [-0.25, -0.2) is 9.97 Å². The Bertz CT molecular complexity index is 369. The number of hydrogen-bond acceptors (Lipinski definition) is 3. The predicted molar refractivity (Wildman–Crippen MR) is 54.8 cm³/mol. The van der Waals surface area contributed by atoms with Gasteiger partial charge in [-0.05, 0) is 0 Å². The first-order valence-electron chi connectivity index (χ1n) is 4.75. The van der Waals surface area contributed by atoms with Crippen molar-refractivity contribution in [2.75, 3.05) is 0 Å². The molecule has 0 aliphatic heterocycles. The lowest BCUT2D eigenvalue weighted by Crippen LogP contribution is -2.17. The maximum atomic E-state index is 8.92. The van der Waals surface area contributed by atoms with Crippen molar-refractivity contribution >= 4 is 0 Å². The van der Waals surface area contributed by atoms with Crippen LogP contribution < -0.4 is 0 Å². The molecule has 0 N–H and O–H groups in total. The van der Waals surface area contributed by atoms with Gasteiger partial charge in [0.2, 0.25) is 0 Å². The van der Waals surface area contributed by atoms with Gasteiger partial charge >= 0.3 is 0 Å². The molecule has 0 amide bonds. The molecule has 0 saturated carbocycles. The Labute approximate surface area is 84.8 Å². The molecule has 1 rings (SSSR count). The number of aromatic nitrogens is 2. The Morgan fingerprint density at radius 3 is 2.50 bits per heavy atom. The van der Waals surface area contributed by atoms with Gasteiger partial charge in [-0.2, -0.15) is 5.26 Å². The molecule has 0 atom stereocenters. The molecule has 0 aliphatic rings. The van der Waals surface area contributed by atoms with Gasteiger partial charge in [-0.15, -0.1) is 0 Å². The number of nitrogens with zero attached hydrogens (tertiary/aromatic N) is 3. The Morgan fingerprint density at radius 2 is 2.07 bits per heavy atom. The van der Waals surface area contributed by atoms with Gasteiger partial charge in [0.15, 0.2) is 0 Å². The Balaban J connectivity index is 3.31. The van der Waals surface area contributed by atoms with Crippen LogP contribution in [-0.4, -0.2) is 9.97 Å². The molecule has 0 fully saturated rings. The van der Waals surface area contributed by atoms with E-state index in [-0.39, 0.29) is 5.41 Å². The van der Waals surface area contributed by atoms with Crippen LogP contribution in [0, 0.1) is 11.3 Å². The molecule has 0 bridgehead atoms. The Kier molecular flexibility index (Phi) is 2.85. The van der Waals surface area contributed by atoms with Crippen LogP contribution in [0.25, 0.3) is 0 Å². The van der Waals surface area contributed by atoms with Crippen LogP contribution in [0.15, 0.2) is 6.20 Å². The second kappa shape index (κ2) is 3.75. The first-order chi connectivity index (χ1) is 6.49. The van der Waals surface area contributed by atoms with Gasteiger partial charge in [-0.3, -0.25) is 0 Å². The van der Waals surface area contributed by atoms with Crippen LogP contribution in [0.2, 0.25) is 0 Å². The minimum absolute atomic E-state index is 0.0993. The van der Waals surface area contributed by atoms with E-state index in [2.05, 4.69) is 36.8 Å². The van der Waals surface area contributed by atoms with Gasteiger partial charge in [0.1, 0.15) is 11.9 Å². The maximum Gasteiger partial charge on any atom is 0.128 e. The first-order valence-corrected chi connectivity index (χ1v) is 4.75. The third-order valence-corrected chi connectivity index (χ3v) is 1.99. The standard InChI is InChI=1S/C11H15N3/c1-5-9-13-7-8(6-12)10(14-9)11(2,3)4/h7H,5H2,1-4H3. The van der Waals surface area contributed by atoms with Crippen LogP contribution >= 0.6 is 0 Å². The maximum absolute atomic E-state index is 8.92. The Hall–Kier alpha value is -1.43. The largest absolute Gasteiger partial charge is 0.240 e. The van der Waals surface area contributed by atoms with Crippen LogP contribution in [0.1, 0.15) is 44.8 Å². The van der Waals surface area contributed by atoms with E-state index >= 15 is 0 Å². The second-order valence-electron chi connectivity index (χ2n) is 4.26. The molecule has 0 aliphatic carbocycles. The number of nitriles is 1. The molecule has 3 nitrogen and oxygen atoms in total. The van der Waals surface area contributed by atoms with Crippen molar-refractivity contribution in [3.05, 3.63) is 23.3 Å². The molecular formula is C11H15N3. The van der Waals surface area contributed by atoms with E-state index in [0.29, 0.717) is 5.56 Å².